The Hall–Kier alpha value is -1.75. The molecule has 2 N–H and O–H groups in total. The van der Waals surface area contributed by atoms with Gasteiger partial charge in [-0.2, -0.15) is 0 Å². The standard InChI is InChI=1S/C16H22N2O3/c1-16(5-7-17-11-16)15(19)18-6-4-12-2-3-13-14(10-12)21-9-8-20-13/h2-3,10,17H,4-9,11H2,1H3,(H,18,19). The minimum absolute atomic E-state index is 0.144. The van der Waals surface area contributed by atoms with Crippen LogP contribution in [0.25, 0.3) is 0 Å². The van der Waals surface area contributed by atoms with Crippen LogP contribution in [0.3, 0.4) is 0 Å². The lowest BCUT2D eigenvalue weighted by Gasteiger charge is -2.22. The predicted octanol–water partition coefficient (Wildman–Crippen LogP) is 1.12. The highest BCUT2D eigenvalue weighted by Gasteiger charge is 2.35. The van der Waals surface area contributed by atoms with E-state index < -0.39 is 0 Å². The number of hydrogen-bond acceptors (Lipinski definition) is 4. The molecule has 2 aliphatic rings. The first-order valence-corrected chi connectivity index (χ1v) is 7.55. The molecular weight excluding hydrogens is 268 g/mol. The lowest BCUT2D eigenvalue weighted by molar-refractivity contribution is -0.129. The Labute approximate surface area is 125 Å². The quantitative estimate of drug-likeness (QED) is 0.872. The van der Waals surface area contributed by atoms with Crippen molar-refractivity contribution >= 4 is 5.91 Å². The maximum Gasteiger partial charge on any atom is 0.227 e. The molecule has 1 fully saturated rings. The first-order valence-electron chi connectivity index (χ1n) is 7.55. The van der Waals surface area contributed by atoms with Crippen molar-refractivity contribution in [3.63, 3.8) is 0 Å². The van der Waals surface area contributed by atoms with Gasteiger partial charge in [0.15, 0.2) is 11.5 Å². The van der Waals surface area contributed by atoms with Crippen LogP contribution in [0.2, 0.25) is 0 Å². The van der Waals surface area contributed by atoms with Gasteiger partial charge < -0.3 is 20.1 Å². The van der Waals surface area contributed by atoms with Crippen molar-refractivity contribution in [2.45, 2.75) is 19.8 Å². The van der Waals surface area contributed by atoms with Gasteiger partial charge in [-0.15, -0.1) is 0 Å². The van der Waals surface area contributed by atoms with Gasteiger partial charge in [-0.05, 0) is 44.0 Å². The molecule has 1 saturated heterocycles. The van der Waals surface area contributed by atoms with Gasteiger partial charge in [0, 0.05) is 13.1 Å². The van der Waals surface area contributed by atoms with E-state index in [2.05, 4.69) is 10.6 Å². The highest BCUT2D eigenvalue weighted by molar-refractivity contribution is 5.82. The first kappa shape index (κ1) is 14.2. The Morgan fingerprint density at radius 2 is 2.14 bits per heavy atom. The molecule has 3 rings (SSSR count). The fourth-order valence-electron chi connectivity index (χ4n) is 2.79. The molecular formula is C16H22N2O3. The fourth-order valence-corrected chi connectivity index (χ4v) is 2.79. The SMILES string of the molecule is CC1(C(=O)NCCc2ccc3c(c2)OCCO3)CCNC1. The third kappa shape index (κ3) is 3.13. The molecule has 2 heterocycles. The molecule has 1 aromatic carbocycles. The van der Waals surface area contributed by atoms with E-state index in [4.69, 9.17) is 9.47 Å². The van der Waals surface area contributed by atoms with Crippen LogP contribution < -0.4 is 20.1 Å². The average Bonchev–Trinajstić information content (AvgIpc) is 2.95. The molecule has 5 nitrogen and oxygen atoms in total. The van der Waals surface area contributed by atoms with Crippen LogP contribution in [0.15, 0.2) is 18.2 Å². The van der Waals surface area contributed by atoms with E-state index in [1.165, 1.54) is 0 Å². The van der Waals surface area contributed by atoms with Crippen LogP contribution in [0, 0.1) is 5.41 Å². The van der Waals surface area contributed by atoms with Crippen molar-refractivity contribution < 1.29 is 14.3 Å². The van der Waals surface area contributed by atoms with Crippen molar-refractivity contribution in [3.05, 3.63) is 23.8 Å². The number of fused-ring (bicyclic) bond motifs is 1. The minimum atomic E-state index is -0.257. The summed E-state index contributed by atoms with van der Waals surface area (Å²) in [6, 6.07) is 5.96. The lowest BCUT2D eigenvalue weighted by atomic mass is 9.89. The molecule has 1 amide bonds. The van der Waals surface area contributed by atoms with E-state index in [-0.39, 0.29) is 11.3 Å². The van der Waals surface area contributed by atoms with Gasteiger partial charge in [0.1, 0.15) is 13.2 Å². The number of benzene rings is 1. The van der Waals surface area contributed by atoms with E-state index in [0.29, 0.717) is 19.8 Å². The molecule has 1 aromatic rings. The van der Waals surface area contributed by atoms with Crippen molar-refractivity contribution in [2.75, 3.05) is 32.8 Å². The number of nitrogens with one attached hydrogen (secondary N) is 2. The Morgan fingerprint density at radius 3 is 2.90 bits per heavy atom. The maximum atomic E-state index is 12.2. The molecule has 0 radical (unpaired) electrons. The topological polar surface area (TPSA) is 59.6 Å². The zero-order chi connectivity index (χ0) is 14.7. The molecule has 0 saturated carbocycles. The summed E-state index contributed by atoms with van der Waals surface area (Å²) in [5.74, 6) is 1.75. The van der Waals surface area contributed by atoms with Crippen LogP contribution in [0.1, 0.15) is 18.9 Å². The van der Waals surface area contributed by atoms with Gasteiger partial charge in [-0.25, -0.2) is 0 Å². The van der Waals surface area contributed by atoms with Crippen LogP contribution in [-0.2, 0) is 11.2 Å². The summed E-state index contributed by atoms with van der Waals surface area (Å²) in [4.78, 5) is 12.2. The van der Waals surface area contributed by atoms with Crippen molar-refractivity contribution in [1.82, 2.24) is 10.6 Å². The van der Waals surface area contributed by atoms with Gasteiger partial charge in [0.2, 0.25) is 5.91 Å². The number of carbonyl (C=O) groups is 1. The molecule has 1 atom stereocenters. The van der Waals surface area contributed by atoms with Gasteiger partial charge in [-0.3, -0.25) is 4.79 Å². The normalized spacial score (nSPS) is 23.9. The van der Waals surface area contributed by atoms with Crippen LogP contribution >= 0.6 is 0 Å². The predicted molar refractivity (Wildman–Crippen MR) is 79.7 cm³/mol. The Bertz CT molecular complexity index is 524. The van der Waals surface area contributed by atoms with Crippen molar-refractivity contribution in [2.24, 2.45) is 5.41 Å². The van der Waals surface area contributed by atoms with Crippen LogP contribution in [0.4, 0.5) is 0 Å². The van der Waals surface area contributed by atoms with Crippen molar-refractivity contribution in [1.29, 1.82) is 0 Å². The third-order valence-corrected chi connectivity index (χ3v) is 4.22. The number of ether oxygens (including phenoxy) is 2. The molecule has 2 aliphatic heterocycles. The molecule has 0 bridgehead atoms. The zero-order valence-electron chi connectivity index (χ0n) is 12.4. The van der Waals surface area contributed by atoms with Gasteiger partial charge >= 0.3 is 0 Å². The summed E-state index contributed by atoms with van der Waals surface area (Å²) in [7, 11) is 0. The van der Waals surface area contributed by atoms with Crippen LogP contribution in [-0.4, -0.2) is 38.8 Å². The van der Waals surface area contributed by atoms with E-state index in [1.54, 1.807) is 0 Å². The van der Waals surface area contributed by atoms with Crippen LogP contribution in [0.5, 0.6) is 11.5 Å². The summed E-state index contributed by atoms with van der Waals surface area (Å²) in [6.07, 6.45) is 1.70. The monoisotopic (exact) mass is 290 g/mol. The molecule has 0 aromatic heterocycles. The second kappa shape index (κ2) is 5.93. The average molecular weight is 290 g/mol. The zero-order valence-corrected chi connectivity index (χ0v) is 12.4. The van der Waals surface area contributed by atoms with Gasteiger partial charge in [0.05, 0.1) is 5.41 Å². The van der Waals surface area contributed by atoms with Gasteiger partial charge in [0.25, 0.3) is 0 Å². The summed E-state index contributed by atoms with van der Waals surface area (Å²) in [6.45, 7) is 5.56. The fraction of sp³-hybridized carbons (Fsp3) is 0.562. The molecule has 114 valence electrons. The third-order valence-electron chi connectivity index (χ3n) is 4.22. The minimum Gasteiger partial charge on any atom is -0.486 e. The maximum absolute atomic E-state index is 12.2. The number of carbonyl (C=O) groups excluding carboxylic acids is 1. The van der Waals surface area contributed by atoms with E-state index >= 15 is 0 Å². The molecule has 0 spiro atoms. The van der Waals surface area contributed by atoms with Gasteiger partial charge in [-0.1, -0.05) is 6.07 Å². The second-order valence-electron chi connectivity index (χ2n) is 5.97. The molecule has 0 aliphatic carbocycles. The highest BCUT2D eigenvalue weighted by atomic mass is 16.6. The number of hydrogen-bond donors (Lipinski definition) is 2. The highest BCUT2D eigenvalue weighted by Crippen LogP contribution is 2.30. The molecule has 5 heteroatoms. The smallest absolute Gasteiger partial charge is 0.227 e. The Morgan fingerprint density at radius 1 is 1.33 bits per heavy atom. The Balaban J connectivity index is 1.52. The number of rotatable bonds is 4. The summed E-state index contributed by atoms with van der Waals surface area (Å²) < 4.78 is 11.1. The summed E-state index contributed by atoms with van der Waals surface area (Å²) in [5, 5.41) is 6.29. The summed E-state index contributed by atoms with van der Waals surface area (Å²) in [5.41, 5.74) is 0.890. The molecule has 1 unspecified atom stereocenters. The van der Waals surface area contributed by atoms with E-state index in [1.807, 2.05) is 25.1 Å². The number of amides is 1. The molecule has 21 heavy (non-hydrogen) atoms. The van der Waals surface area contributed by atoms with Crippen molar-refractivity contribution in [3.8, 4) is 11.5 Å². The van der Waals surface area contributed by atoms with E-state index in [0.717, 1.165) is 43.0 Å². The summed E-state index contributed by atoms with van der Waals surface area (Å²) >= 11 is 0. The largest absolute Gasteiger partial charge is 0.486 e. The lowest BCUT2D eigenvalue weighted by Crippen LogP contribution is -2.41. The second-order valence-corrected chi connectivity index (χ2v) is 5.97. The Kier molecular flexibility index (Phi) is 4.01. The van der Waals surface area contributed by atoms with E-state index in [9.17, 15) is 4.79 Å². The first-order chi connectivity index (χ1) is 10.2.